The predicted molar refractivity (Wildman–Crippen MR) is 73.8 cm³/mol. The maximum atomic E-state index is 11.7. The van der Waals surface area contributed by atoms with Gasteiger partial charge in [-0.05, 0) is 44.2 Å². The average Bonchev–Trinajstić information content (AvgIpc) is 2.90. The van der Waals surface area contributed by atoms with E-state index in [1.165, 1.54) is 4.88 Å². The number of hydrogen-bond acceptors (Lipinski definition) is 4. The van der Waals surface area contributed by atoms with Crippen molar-refractivity contribution in [3.05, 3.63) is 22.4 Å². The van der Waals surface area contributed by atoms with Gasteiger partial charge in [-0.2, -0.15) is 0 Å². The third-order valence-electron chi connectivity index (χ3n) is 3.38. The van der Waals surface area contributed by atoms with Crippen LogP contribution in [0.5, 0.6) is 0 Å². The zero-order valence-corrected chi connectivity index (χ0v) is 11.7. The summed E-state index contributed by atoms with van der Waals surface area (Å²) in [7, 11) is 0. The molecular weight excluding hydrogens is 246 g/mol. The molecule has 0 radical (unpaired) electrons. The van der Waals surface area contributed by atoms with Crippen molar-refractivity contribution < 1.29 is 9.53 Å². The summed E-state index contributed by atoms with van der Waals surface area (Å²) < 4.78 is 5.12. The standard InChI is InChI=1S/C14H21NO2S/c1-2-17-14(16)12-5-3-8-15(11-12)9-7-13-6-4-10-18-13/h4,6,10,12H,2-3,5,7-9,11H2,1H3/t12-/m1/s1. The largest absolute Gasteiger partial charge is 0.466 e. The number of likely N-dealkylation sites (tertiary alicyclic amines) is 1. The van der Waals surface area contributed by atoms with Gasteiger partial charge in [0.15, 0.2) is 0 Å². The molecule has 0 unspecified atom stereocenters. The molecule has 1 aromatic heterocycles. The minimum Gasteiger partial charge on any atom is -0.466 e. The lowest BCUT2D eigenvalue weighted by atomic mass is 9.98. The van der Waals surface area contributed by atoms with Gasteiger partial charge in [0, 0.05) is 18.0 Å². The Morgan fingerprint density at radius 1 is 1.61 bits per heavy atom. The number of carbonyl (C=O) groups is 1. The molecule has 0 amide bonds. The Labute approximate surface area is 113 Å². The number of hydrogen-bond donors (Lipinski definition) is 0. The number of nitrogens with zero attached hydrogens (tertiary/aromatic N) is 1. The molecule has 2 rings (SSSR count). The number of esters is 1. The van der Waals surface area contributed by atoms with Crippen LogP contribution in [0.15, 0.2) is 17.5 Å². The first-order chi connectivity index (χ1) is 8.79. The van der Waals surface area contributed by atoms with Crippen LogP contribution in [0.1, 0.15) is 24.6 Å². The fourth-order valence-electron chi connectivity index (χ4n) is 2.43. The highest BCUT2D eigenvalue weighted by atomic mass is 32.1. The number of carbonyl (C=O) groups excluding carboxylic acids is 1. The second kappa shape index (κ2) is 6.90. The molecule has 0 bridgehead atoms. The number of piperidine rings is 1. The summed E-state index contributed by atoms with van der Waals surface area (Å²) in [6, 6.07) is 4.27. The van der Waals surface area contributed by atoms with E-state index in [2.05, 4.69) is 22.4 Å². The SMILES string of the molecule is CCOC(=O)[C@@H]1CCCN(CCc2cccs2)C1. The van der Waals surface area contributed by atoms with Crippen molar-refractivity contribution in [1.82, 2.24) is 4.90 Å². The van der Waals surface area contributed by atoms with Crippen molar-refractivity contribution in [3.8, 4) is 0 Å². The third-order valence-corrected chi connectivity index (χ3v) is 4.32. The van der Waals surface area contributed by atoms with E-state index in [1.54, 1.807) is 0 Å². The van der Waals surface area contributed by atoms with E-state index < -0.39 is 0 Å². The lowest BCUT2D eigenvalue weighted by Gasteiger charge is -2.31. The van der Waals surface area contributed by atoms with Crippen LogP contribution in [0.4, 0.5) is 0 Å². The highest BCUT2D eigenvalue weighted by Gasteiger charge is 2.26. The summed E-state index contributed by atoms with van der Waals surface area (Å²) in [6.45, 7) is 5.39. The Kier molecular flexibility index (Phi) is 5.20. The molecule has 100 valence electrons. The molecule has 2 heterocycles. The topological polar surface area (TPSA) is 29.5 Å². The van der Waals surface area contributed by atoms with Crippen LogP contribution >= 0.6 is 11.3 Å². The van der Waals surface area contributed by atoms with Crippen molar-refractivity contribution in [2.45, 2.75) is 26.2 Å². The lowest BCUT2D eigenvalue weighted by Crippen LogP contribution is -2.40. The Bertz CT molecular complexity index is 364. The summed E-state index contributed by atoms with van der Waals surface area (Å²) in [5, 5.41) is 2.12. The monoisotopic (exact) mass is 267 g/mol. The molecule has 0 saturated carbocycles. The van der Waals surface area contributed by atoms with Crippen LogP contribution in [0.3, 0.4) is 0 Å². The zero-order valence-electron chi connectivity index (χ0n) is 10.9. The van der Waals surface area contributed by atoms with Crippen LogP contribution in [-0.4, -0.2) is 37.1 Å². The maximum absolute atomic E-state index is 11.7. The van der Waals surface area contributed by atoms with Crippen LogP contribution < -0.4 is 0 Å². The molecule has 1 fully saturated rings. The van der Waals surface area contributed by atoms with E-state index >= 15 is 0 Å². The molecule has 1 aromatic rings. The molecule has 4 heteroatoms. The Morgan fingerprint density at radius 2 is 2.50 bits per heavy atom. The quantitative estimate of drug-likeness (QED) is 0.768. The van der Waals surface area contributed by atoms with Crippen LogP contribution in [0.2, 0.25) is 0 Å². The summed E-state index contributed by atoms with van der Waals surface area (Å²) in [5.41, 5.74) is 0. The molecule has 1 saturated heterocycles. The summed E-state index contributed by atoms with van der Waals surface area (Å²) in [4.78, 5) is 15.5. The van der Waals surface area contributed by atoms with E-state index in [-0.39, 0.29) is 11.9 Å². The van der Waals surface area contributed by atoms with Gasteiger partial charge in [-0.15, -0.1) is 11.3 Å². The van der Waals surface area contributed by atoms with Gasteiger partial charge >= 0.3 is 5.97 Å². The molecule has 1 atom stereocenters. The van der Waals surface area contributed by atoms with Crippen molar-refractivity contribution in [1.29, 1.82) is 0 Å². The summed E-state index contributed by atoms with van der Waals surface area (Å²) in [6.07, 6.45) is 3.18. The molecule has 0 N–H and O–H groups in total. The highest BCUT2D eigenvalue weighted by Crippen LogP contribution is 2.19. The zero-order chi connectivity index (χ0) is 12.8. The fourth-order valence-corrected chi connectivity index (χ4v) is 3.13. The molecule has 1 aliphatic heterocycles. The van der Waals surface area contributed by atoms with Crippen LogP contribution in [0.25, 0.3) is 0 Å². The molecule has 0 aromatic carbocycles. The van der Waals surface area contributed by atoms with Gasteiger partial charge in [0.1, 0.15) is 0 Å². The summed E-state index contributed by atoms with van der Waals surface area (Å²) >= 11 is 1.81. The van der Waals surface area contributed by atoms with Gasteiger partial charge in [-0.25, -0.2) is 0 Å². The minimum absolute atomic E-state index is 0.0154. The molecule has 3 nitrogen and oxygen atoms in total. The highest BCUT2D eigenvalue weighted by molar-refractivity contribution is 7.09. The molecule has 18 heavy (non-hydrogen) atoms. The van der Waals surface area contributed by atoms with Crippen molar-refractivity contribution in [3.63, 3.8) is 0 Å². The normalized spacial score (nSPS) is 20.8. The molecule has 0 aliphatic carbocycles. The first-order valence-electron chi connectivity index (χ1n) is 6.71. The number of rotatable bonds is 5. The van der Waals surface area contributed by atoms with Gasteiger partial charge in [0.25, 0.3) is 0 Å². The van der Waals surface area contributed by atoms with Crippen LogP contribution in [0, 0.1) is 5.92 Å². The van der Waals surface area contributed by atoms with Gasteiger partial charge in [0.2, 0.25) is 0 Å². The van der Waals surface area contributed by atoms with E-state index in [0.29, 0.717) is 6.61 Å². The van der Waals surface area contributed by atoms with E-state index in [9.17, 15) is 4.79 Å². The smallest absolute Gasteiger partial charge is 0.310 e. The minimum atomic E-state index is -0.0154. The van der Waals surface area contributed by atoms with E-state index in [0.717, 1.165) is 38.9 Å². The second-order valence-electron chi connectivity index (χ2n) is 4.72. The van der Waals surface area contributed by atoms with Gasteiger partial charge in [0.05, 0.1) is 12.5 Å². The number of ether oxygens (including phenoxy) is 1. The predicted octanol–water partition coefficient (Wildman–Crippen LogP) is 2.57. The van der Waals surface area contributed by atoms with Crippen molar-refractivity contribution in [2.24, 2.45) is 5.92 Å². The van der Waals surface area contributed by atoms with Crippen LogP contribution in [-0.2, 0) is 16.0 Å². The van der Waals surface area contributed by atoms with Crippen molar-refractivity contribution in [2.75, 3.05) is 26.2 Å². The summed E-state index contributed by atoms with van der Waals surface area (Å²) in [5.74, 6) is 0.0698. The fraction of sp³-hybridized carbons (Fsp3) is 0.643. The number of thiophene rings is 1. The first kappa shape index (κ1) is 13.6. The third kappa shape index (κ3) is 3.82. The second-order valence-corrected chi connectivity index (χ2v) is 5.75. The first-order valence-corrected chi connectivity index (χ1v) is 7.59. The molecule has 1 aliphatic rings. The molecular formula is C14H21NO2S. The maximum Gasteiger partial charge on any atom is 0.310 e. The Hall–Kier alpha value is -0.870. The molecule has 0 spiro atoms. The van der Waals surface area contributed by atoms with Gasteiger partial charge in [-0.1, -0.05) is 6.07 Å². The average molecular weight is 267 g/mol. The Balaban J connectivity index is 1.77. The van der Waals surface area contributed by atoms with Gasteiger partial charge < -0.3 is 9.64 Å². The Morgan fingerprint density at radius 3 is 3.22 bits per heavy atom. The lowest BCUT2D eigenvalue weighted by molar-refractivity contribution is -0.149. The van der Waals surface area contributed by atoms with E-state index in [1.807, 2.05) is 18.3 Å². The van der Waals surface area contributed by atoms with Gasteiger partial charge in [-0.3, -0.25) is 4.79 Å². The van der Waals surface area contributed by atoms with Crippen molar-refractivity contribution >= 4 is 17.3 Å². The van der Waals surface area contributed by atoms with E-state index in [4.69, 9.17) is 4.74 Å².